The average Bonchev–Trinajstić information content (AvgIpc) is 2.90. The molecule has 1 aromatic heterocycles. The van der Waals surface area contributed by atoms with Crippen LogP contribution in [0.1, 0.15) is 19.3 Å². The van der Waals surface area contributed by atoms with E-state index >= 15 is 0 Å². The molecule has 3 rings (SSSR count). The number of nitrogens with zero attached hydrogens (tertiary/aromatic N) is 4. The molecular weight excluding hydrogens is 296 g/mol. The molecule has 0 amide bonds. The number of hydrogen-bond donors (Lipinski definition) is 1. The highest BCUT2D eigenvalue weighted by Gasteiger charge is 2.13. The Kier molecular flexibility index (Phi) is 5.00. The normalized spacial score (nSPS) is 16.0. The lowest BCUT2D eigenvalue weighted by molar-refractivity contribution is 0.242. The summed E-state index contributed by atoms with van der Waals surface area (Å²) in [6, 6.07) is 7.07. The van der Waals surface area contributed by atoms with Gasteiger partial charge < -0.3 is 14.6 Å². The fourth-order valence-electron chi connectivity index (χ4n) is 2.75. The number of likely N-dealkylation sites (tertiary alicyclic amines) is 1. The van der Waals surface area contributed by atoms with Gasteiger partial charge >= 0.3 is 0 Å². The minimum Gasteiger partial charge on any atom is -0.508 e. The summed E-state index contributed by atoms with van der Waals surface area (Å²) in [7, 11) is 1.99. The zero-order valence-electron chi connectivity index (χ0n) is 12.9. The Morgan fingerprint density at radius 1 is 1.09 bits per heavy atom. The van der Waals surface area contributed by atoms with Gasteiger partial charge in [0.15, 0.2) is 11.0 Å². The Hall–Kier alpha value is -1.53. The van der Waals surface area contributed by atoms with Crippen LogP contribution in [0.2, 0.25) is 0 Å². The van der Waals surface area contributed by atoms with E-state index < -0.39 is 0 Å². The largest absolute Gasteiger partial charge is 0.508 e. The topological polar surface area (TPSA) is 54.2 Å². The van der Waals surface area contributed by atoms with Crippen molar-refractivity contribution in [2.24, 2.45) is 7.05 Å². The van der Waals surface area contributed by atoms with Crippen LogP contribution in [0, 0.1) is 0 Å². The molecule has 5 nitrogen and oxygen atoms in total. The maximum Gasteiger partial charge on any atom is 0.191 e. The first-order chi connectivity index (χ1) is 10.7. The number of hydrogen-bond acceptors (Lipinski definition) is 5. The van der Waals surface area contributed by atoms with Crippen LogP contribution in [0.5, 0.6) is 5.75 Å². The highest BCUT2D eigenvalue weighted by Crippen LogP contribution is 2.24. The SMILES string of the molecule is Cn1c(SCCN2CCCCC2)nnc1-c1ccc(O)cc1. The third kappa shape index (κ3) is 3.62. The van der Waals surface area contributed by atoms with E-state index in [1.165, 1.54) is 32.4 Å². The summed E-state index contributed by atoms with van der Waals surface area (Å²) in [4.78, 5) is 2.54. The lowest BCUT2D eigenvalue weighted by Gasteiger charge is -2.25. The summed E-state index contributed by atoms with van der Waals surface area (Å²) in [5.41, 5.74) is 0.968. The van der Waals surface area contributed by atoms with Gasteiger partial charge in [-0.25, -0.2) is 0 Å². The number of aromatic hydroxyl groups is 1. The Bertz CT molecular complexity index is 605. The second-order valence-electron chi connectivity index (χ2n) is 5.66. The smallest absolute Gasteiger partial charge is 0.191 e. The standard InChI is InChI=1S/C16H22N4OS/c1-19-15(13-5-7-14(21)8-6-13)17-18-16(19)22-12-11-20-9-3-2-4-10-20/h5-8,21H,2-4,9-12H2,1H3. The molecule has 1 N–H and O–H groups in total. The van der Waals surface area contributed by atoms with Crippen LogP contribution < -0.4 is 0 Å². The zero-order valence-corrected chi connectivity index (χ0v) is 13.7. The van der Waals surface area contributed by atoms with Crippen molar-refractivity contribution in [3.63, 3.8) is 0 Å². The van der Waals surface area contributed by atoms with Gasteiger partial charge in [0, 0.05) is 24.9 Å². The van der Waals surface area contributed by atoms with Gasteiger partial charge in [-0.1, -0.05) is 18.2 Å². The van der Waals surface area contributed by atoms with Crippen LogP contribution in [0.4, 0.5) is 0 Å². The number of rotatable bonds is 5. The van der Waals surface area contributed by atoms with E-state index in [4.69, 9.17) is 0 Å². The number of phenols is 1. The minimum atomic E-state index is 0.266. The number of aromatic nitrogens is 3. The maximum absolute atomic E-state index is 9.37. The lowest BCUT2D eigenvalue weighted by Crippen LogP contribution is -2.31. The molecule has 1 aliphatic rings. The van der Waals surface area contributed by atoms with Gasteiger partial charge in [-0.05, 0) is 50.2 Å². The average molecular weight is 318 g/mol. The monoisotopic (exact) mass is 318 g/mol. The molecule has 0 atom stereocenters. The quantitative estimate of drug-likeness (QED) is 0.859. The van der Waals surface area contributed by atoms with Gasteiger partial charge in [-0.2, -0.15) is 0 Å². The number of piperidine rings is 1. The summed E-state index contributed by atoms with van der Waals surface area (Å²) >= 11 is 1.76. The Labute approximate surface area is 135 Å². The second-order valence-corrected chi connectivity index (χ2v) is 6.72. The van der Waals surface area contributed by atoms with Gasteiger partial charge in [0.05, 0.1) is 0 Å². The van der Waals surface area contributed by atoms with Gasteiger partial charge in [0.25, 0.3) is 0 Å². The zero-order chi connectivity index (χ0) is 15.4. The molecule has 0 saturated carbocycles. The van der Waals surface area contributed by atoms with Crippen molar-refractivity contribution in [2.75, 3.05) is 25.4 Å². The molecule has 2 aromatic rings. The molecular formula is C16H22N4OS. The van der Waals surface area contributed by atoms with Gasteiger partial charge in [0.2, 0.25) is 0 Å². The fourth-order valence-corrected chi connectivity index (χ4v) is 3.66. The highest BCUT2D eigenvalue weighted by molar-refractivity contribution is 7.99. The van der Waals surface area contributed by atoms with E-state index in [-0.39, 0.29) is 5.75 Å². The summed E-state index contributed by atoms with van der Waals surface area (Å²) in [5.74, 6) is 2.14. The molecule has 1 saturated heterocycles. The Morgan fingerprint density at radius 3 is 2.55 bits per heavy atom. The van der Waals surface area contributed by atoms with Gasteiger partial charge in [-0.3, -0.25) is 0 Å². The van der Waals surface area contributed by atoms with Crippen molar-refractivity contribution in [1.29, 1.82) is 0 Å². The van der Waals surface area contributed by atoms with E-state index in [9.17, 15) is 5.11 Å². The molecule has 0 unspecified atom stereocenters. The van der Waals surface area contributed by atoms with E-state index in [0.717, 1.165) is 28.8 Å². The van der Waals surface area contributed by atoms with Crippen molar-refractivity contribution in [3.8, 4) is 17.1 Å². The Morgan fingerprint density at radius 2 is 1.82 bits per heavy atom. The molecule has 0 aliphatic carbocycles. The molecule has 1 fully saturated rings. The van der Waals surface area contributed by atoms with Crippen LogP contribution in [0.15, 0.2) is 29.4 Å². The lowest BCUT2D eigenvalue weighted by atomic mass is 10.1. The molecule has 0 radical (unpaired) electrons. The van der Waals surface area contributed by atoms with Gasteiger partial charge in [-0.15, -0.1) is 10.2 Å². The third-order valence-electron chi connectivity index (χ3n) is 4.05. The molecule has 6 heteroatoms. The van der Waals surface area contributed by atoms with Crippen molar-refractivity contribution in [3.05, 3.63) is 24.3 Å². The van der Waals surface area contributed by atoms with Crippen LogP contribution in [-0.4, -0.2) is 50.2 Å². The predicted molar refractivity (Wildman–Crippen MR) is 89.1 cm³/mol. The van der Waals surface area contributed by atoms with E-state index in [1.54, 1.807) is 23.9 Å². The molecule has 0 bridgehead atoms. The Balaban J connectivity index is 1.59. The molecule has 1 aliphatic heterocycles. The predicted octanol–water partition coefficient (Wildman–Crippen LogP) is 2.77. The van der Waals surface area contributed by atoms with Crippen LogP contribution >= 0.6 is 11.8 Å². The molecule has 118 valence electrons. The summed E-state index contributed by atoms with van der Waals surface area (Å²) in [5, 5.41) is 18.9. The van der Waals surface area contributed by atoms with E-state index in [0.29, 0.717) is 0 Å². The highest BCUT2D eigenvalue weighted by atomic mass is 32.2. The first kappa shape index (κ1) is 15.4. The fraction of sp³-hybridized carbons (Fsp3) is 0.500. The van der Waals surface area contributed by atoms with Crippen LogP contribution in [-0.2, 0) is 7.05 Å². The number of benzene rings is 1. The van der Waals surface area contributed by atoms with E-state index in [1.807, 2.05) is 23.7 Å². The minimum absolute atomic E-state index is 0.266. The summed E-state index contributed by atoms with van der Waals surface area (Å²) in [6.45, 7) is 3.59. The molecule has 2 heterocycles. The molecule has 0 spiro atoms. The number of thioether (sulfide) groups is 1. The number of phenolic OH excluding ortho intramolecular Hbond substituents is 1. The van der Waals surface area contributed by atoms with Crippen molar-refractivity contribution in [2.45, 2.75) is 24.4 Å². The molecule has 1 aromatic carbocycles. The third-order valence-corrected chi connectivity index (χ3v) is 5.05. The van der Waals surface area contributed by atoms with Crippen molar-refractivity contribution >= 4 is 11.8 Å². The van der Waals surface area contributed by atoms with Crippen LogP contribution in [0.25, 0.3) is 11.4 Å². The van der Waals surface area contributed by atoms with Gasteiger partial charge in [0.1, 0.15) is 5.75 Å². The van der Waals surface area contributed by atoms with Crippen molar-refractivity contribution in [1.82, 2.24) is 19.7 Å². The van der Waals surface area contributed by atoms with Crippen LogP contribution in [0.3, 0.4) is 0 Å². The maximum atomic E-state index is 9.37. The first-order valence-electron chi connectivity index (χ1n) is 7.78. The van der Waals surface area contributed by atoms with E-state index in [2.05, 4.69) is 15.1 Å². The van der Waals surface area contributed by atoms with Crippen molar-refractivity contribution < 1.29 is 5.11 Å². The summed E-state index contributed by atoms with van der Waals surface area (Å²) < 4.78 is 2.02. The second kappa shape index (κ2) is 7.15. The molecule has 22 heavy (non-hydrogen) atoms. The summed E-state index contributed by atoms with van der Waals surface area (Å²) in [6.07, 6.45) is 4.04. The first-order valence-corrected chi connectivity index (χ1v) is 8.76.